The van der Waals surface area contributed by atoms with Crippen molar-refractivity contribution in [2.45, 2.75) is 49.7 Å². The van der Waals surface area contributed by atoms with Crippen molar-refractivity contribution in [2.75, 3.05) is 26.2 Å². The molecule has 0 radical (unpaired) electrons. The lowest BCUT2D eigenvalue weighted by atomic mass is 9.82. The zero-order valence-corrected chi connectivity index (χ0v) is 19.9. The fourth-order valence-electron chi connectivity index (χ4n) is 5.52. The van der Waals surface area contributed by atoms with Crippen LogP contribution in [0, 0.1) is 0 Å². The van der Waals surface area contributed by atoms with Gasteiger partial charge < -0.3 is 10.4 Å². The molecule has 4 rings (SSSR count). The van der Waals surface area contributed by atoms with Crippen LogP contribution in [0.5, 0.6) is 0 Å². The van der Waals surface area contributed by atoms with Crippen LogP contribution in [0.25, 0.3) is 0 Å². The Morgan fingerprint density at radius 2 is 1.47 bits per heavy atom. The molecule has 2 heterocycles. The van der Waals surface area contributed by atoms with Crippen molar-refractivity contribution in [1.82, 2.24) is 5.32 Å². The van der Waals surface area contributed by atoms with Crippen LogP contribution in [-0.2, 0) is 12.4 Å². The van der Waals surface area contributed by atoms with Gasteiger partial charge >= 0.3 is 18.3 Å². The molecular formula is C25H26ClF6N2O2+. The summed E-state index contributed by atoms with van der Waals surface area (Å²) in [6.07, 6.45) is -9.88. The number of nitrogens with one attached hydrogen (secondary N) is 1. The molecule has 196 valence electrons. The molecule has 0 aliphatic carbocycles. The van der Waals surface area contributed by atoms with Crippen molar-refractivity contribution in [1.29, 1.82) is 0 Å². The molecule has 1 amide bonds. The number of benzene rings is 2. The number of aliphatic hydroxyl groups excluding tert-OH is 1. The summed E-state index contributed by atoms with van der Waals surface area (Å²) in [6, 6.07) is 7.70. The number of hydrogen-bond donors (Lipinski definition) is 2. The van der Waals surface area contributed by atoms with Crippen molar-refractivity contribution < 1.29 is 40.7 Å². The molecule has 2 saturated heterocycles. The summed E-state index contributed by atoms with van der Waals surface area (Å²) >= 11 is 6.03. The molecule has 36 heavy (non-hydrogen) atoms. The van der Waals surface area contributed by atoms with Crippen molar-refractivity contribution >= 4 is 17.5 Å². The van der Waals surface area contributed by atoms with Gasteiger partial charge in [0.2, 0.25) is 0 Å². The minimum atomic E-state index is -5.06. The van der Waals surface area contributed by atoms with E-state index in [1.54, 1.807) is 12.1 Å². The first-order chi connectivity index (χ1) is 16.8. The number of nitrogens with zero attached hydrogens (tertiary/aromatic N) is 1. The van der Waals surface area contributed by atoms with Crippen LogP contribution < -0.4 is 5.32 Å². The highest BCUT2D eigenvalue weighted by atomic mass is 35.5. The maximum absolute atomic E-state index is 14.0. The Kier molecular flexibility index (Phi) is 7.45. The van der Waals surface area contributed by atoms with Gasteiger partial charge in [0.15, 0.2) is 0 Å². The predicted octanol–water partition coefficient (Wildman–Crippen LogP) is 5.64. The fraction of sp³-hybridized carbons (Fsp3) is 0.480. The molecule has 4 nitrogen and oxygen atoms in total. The van der Waals surface area contributed by atoms with Crippen LogP contribution in [0.15, 0.2) is 42.5 Å². The largest absolute Gasteiger partial charge is 0.416 e. The molecule has 2 aliphatic rings. The number of likely N-dealkylation sites (tertiary alicyclic amines) is 1. The van der Waals surface area contributed by atoms with E-state index in [1.165, 1.54) is 0 Å². The van der Waals surface area contributed by atoms with E-state index in [2.05, 4.69) is 5.32 Å². The number of piperidine rings is 2. The second-order valence-electron chi connectivity index (χ2n) is 9.53. The van der Waals surface area contributed by atoms with Gasteiger partial charge in [-0.05, 0) is 35.9 Å². The maximum Gasteiger partial charge on any atom is 0.416 e. The van der Waals surface area contributed by atoms with E-state index in [1.807, 2.05) is 12.1 Å². The number of carbonyl (C=O) groups is 1. The number of alkyl halides is 6. The minimum absolute atomic E-state index is 0.0299. The van der Waals surface area contributed by atoms with E-state index in [0.29, 0.717) is 36.7 Å². The lowest BCUT2D eigenvalue weighted by Crippen LogP contribution is -2.67. The first kappa shape index (κ1) is 26.9. The topological polar surface area (TPSA) is 49.3 Å². The summed E-state index contributed by atoms with van der Waals surface area (Å²) in [4.78, 5) is 14.0. The van der Waals surface area contributed by atoms with Crippen molar-refractivity contribution in [2.24, 2.45) is 0 Å². The lowest BCUT2D eigenvalue weighted by molar-refractivity contribution is -0.883. The molecule has 0 aromatic heterocycles. The molecule has 2 aromatic rings. The Morgan fingerprint density at radius 3 is 2.00 bits per heavy atom. The Balaban J connectivity index is 1.83. The van der Waals surface area contributed by atoms with E-state index < -0.39 is 47.1 Å². The maximum atomic E-state index is 14.0. The second-order valence-corrected chi connectivity index (χ2v) is 9.97. The highest BCUT2D eigenvalue weighted by Crippen LogP contribution is 2.41. The quantitative estimate of drug-likeness (QED) is 0.395. The molecule has 0 spiro atoms. The third-order valence-corrected chi connectivity index (χ3v) is 7.59. The Bertz CT molecular complexity index is 1060. The first-order valence-corrected chi connectivity index (χ1v) is 12.0. The highest BCUT2D eigenvalue weighted by Gasteiger charge is 2.52. The SMILES string of the molecule is O=C(c1cc(C(F)(F)F)cc(C(F)(F)F)c1)[N+]1(C2CCNCC2c2ccc(Cl)cc2)CCC(O)CC1. The van der Waals surface area contributed by atoms with Gasteiger partial charge in [0.25, 0.3) is 0 Å². The standard InChI is InChI=1S/C25H26ClF6N2O2/c26-19-3-1-15(2-4-19)21-14-33-8-5-22(21)34(9-6-20(35)7-10-34)23(36)16-11-17(24(27,28)29)13-18(12-16)25(30,31)32/h1-4,11-13,20-22,33,35H,5-10,14H2/q+1. The van der Waals surface area contributed by atoms with Crippen molar-refractivity contribution in [3.05, 3.63) is 69.7 Å². The third kappa shape index (κ3) is 5.41. The van der Waals surface area contributed by atoms with Crippen molar-refractivity contribution in [3.63, 3.8) is 0 Å². The molecule has 0 saturated carbocycles. The second kappa shape index (κ2) is 9.96. The molecule has 2 atom stereocenters. The van der Waals surface area contributed by atoms with Gasteiger partial charge in [0, 0.05) is 43.3 Å². The summed E-state index contributed by atoms with van der Waals surface area (Å²) in [7, 11) is 0. The Morgan fingerprint density at radius 1 is 0.917 bits per heavy atom. The van der Waals surface area contributed by atoms with Gasteiger partial charge in [-0.25, -0.2) is 4.79 Å². The molecule has 2 fully saturated rings. The van der Waals surface area contributed by atoms with Gasteiger partial charge in [0.05, 0.1) is 35.9 Å². The molecule has 11 heteroatoms. The molecular weight excluding hydrogens is 510 g/mol. The summed E-state index contributed by atoms with van der Waals surface area (Å²) in [5, 5.41) is 14.0. The molecule has 0 bridgehead atoms. The lowest BCUT2D eigenvalue weighted by Gasteiger charge is -2.50. The van der Waals surface area contributed by atoms with E-state index in [-0.39, 0.29) is 42.4 Å². The fourth-order valence-corrected chi connectivity index (χ4v) is 5.65. The average molecular weight is 536 g/mol. The van der Waals surface area contributed by atoms with Crippen LogP contribution in [-0.4, -0.2) is 53.8 Å². The number of quaternary nitrogens is 1. The predicted molar refractivity (Wildman–Crippen MR) is 121 cm³/mol. The zero-order valence-electron chi connectivity index (χ0n) is 19.2. The monoisotopic (exact) mass is 535 g/mol. The van der Waals surface area contributed by atoms with Gasteiger partial charge in [-0.2, -0.15) is 26.3 Å². The third-order valence-electron chi connectivity index (χ3n) is 7.34. The van der Waals surface area contributed by atoms with Crippen molar-refractivity contribution in [3.8, 4) is 0 Å². The smallest absolute Gasteiger partial charge is 0.393 e. The van der Waals surface area contributed by atoms with E-state index in [4.69, 9.17) is 11.6 Å². The summed E-state index contributed by atoms with van der Waals surface area (Å²) in [6.45, 7) is 1.26. The molecule has 2 aromatic carbocycles. The number of hydrogen-bond acceptors (Lipinski definition) is 3. The summed E-state index contributed by atoms with van der Waals surface area (Å²) < 4.78 is 80.8. The number of amides is 1. The Labute approximate surface area is 209 Å². The number of aliphatic hydroxyl groups is 1. The number of rotatable bonds is 3. The average Bonchev–Trinajstić information content (AvgIpc) is 2.83. The number of carbonyl (C=O) groups excluding carboxylic acids is 1. The first-order valence-electron chi connectivity index (χ1n) is 11.7. The normalized spacial score (nSPS) is 27.6. The van der Waals surface area contributed by atoms with E-state index in [0.717, 1.165) is 5.56 Å². The minimum Gasteiger partial charge on any atom is -0.393 e. The summed E-state index contributed by atoms with van der Waals surface area (Å²) in [5.41, 5.74) is -2.79. The van der Waals surface area contributed by atoms with Crippen LogP contribution in [0.2, 0.25) is 5.02 Å². The van der Waals surface area contributed by atoms with Gasteiger partial charge in [-0.1, -0.05) is 23.7 Å². The number of halogens is 7. The molecule has 2 unspecified atom stereocenters. The van der Waals surface area contributed by atoms with Gasteiger partial charge in [0.1, 0.15) is 6.04 Å². The van der Waals surface area contributed by atoms with Crippen LogP contribution in [0.4, 0.5) is 26.3 Å². The van der Waals surface area contributed by atoms with E-state index >= 15 is 0 Å². The van der Waals surface area contributed by atoms with Crippen LogP contribution >= 0.6 is 11.6 Å². The van der Waals surface area contributed by atoms with Gasteiger partial charge in [-0.3, -0.25) is 4.48 Å². The summed E-state index contributed by atoms with van der Waals surface area (Å²) in [5.74, 6) is -1.02. The zero-order chi connectivity index (χ0) is 26.3. The Hall–Kier alpha value is -2.14. The molecule has 2 aliphatic heterocycles. The van der Waals surface area contributed by atoms with Gasteiger partial charge in [-0.15, -0.1) is 0 Å². The highest BCUT2D eigenvalue weighted by molar-refractivity contribution is 6.30. The van der Waals surface area contributed by atoms with E-state index in [9.17, 15) is 36.2 Å². The van der Waals surface area contributed by atoms with Crippen LogP contribution in [0.1, 0.15) is 52.2 Å². The van der Waals surface area contributed by atoms with Crippen LogP contribution in [0.3, 0.4) is 0 Å². The molecule has 2 N–H and O–H groups in total.